The fourth-order valence-corrected chi connectivity index (χ4v) is 5.50. The van der Waals surface area contributed by atoms with Gasteiger partial charge in [0.05, 0.1) is 18.0 Å². The van der Waals surface area contributed by atoms with Gasteiger partial charge in [-0.1, -0.05) is 17.8 Å². The number of fused-ring (bicyclic) bond motifs is 3. The Kier molecular flexibility index (Phi) is 4.30. The van der Waals surface area contributed by atoms with Crippen LogP contribution in [0, 0.1) is 0 Å². The van der Waals surface area contributed by atoms with E-state index in [4.69, 9.17) is 9.72 Å². The monoisotopic (exact) mass is 348 g/mol. The third-order valence-electron chi connectivity index (χ3n) is 4.53. The van der Waals surface area contributed by atoms with Crippen LogP contribution in [-0.2, 0) is 24.1 Å². The first-order chi connectivity index (χ1) is 11.3. The molecule has 0 bridgehead atoms. The fraction of sp³-hybridized carbons (Fsp3) is 0.529. The lowest BCUT2D eigenvalue weighted by molar-refractivity contribution is 0.0937. The minimum atomic E-state index is 0.122. The summed E-state index contributed by atoms with van der Waals surface area (Å²) in [6.45, 7) is 5.20. The average molecular weight is 348 g/mol. The number of thioether (sulfide) groups is 1. The van der Waals surface area contributed by atoms with Gasteiger partial charge in [0.2, 0.25) is 0 Å². The highest BCUT2D eigenvalue weighted by molar-refractivity contribution is 7.99. The molecule has 2 aromatic heterocycles. The Morgan fingerprint density at radius 3 is 3.13 bits per heavy atom. The molecule has 0 saturated carbocycles. The molecule has 1 saturated heterocycles. The van der Waals surface area contributed by atoms with Crippen LogP contribution in [0.3, 0.4) is 0 Å². The highest BCUT2D eigenvalue weighted by Gasteiger charge is 2.25. The predicted octanol–water partition coefficient (Wildman–Crippen LogP) is 3.40. The topological polar surface area (TPSA) is 44.1 Å². The molecule has 0 amide bonds. The summed E-state index contributed by atoms with van der Waals surface area (Å²) in [4.78, 5) is 20.2. The molecule has 1 aliphatic heterocycles. The molecule has 23 heavy (non-hydrogen) atoms. The van der Waals surface area contributed by atoms with Gasteiger partial charge in [0, 0.05) is 17.2 Å². The highest BCUT2D eigenvalue weighted by atomic mass is 32.2. The van der Waals surface area contributed by atoms with E-state index in [-0.39, 0.29) is 11.7 Å². The third-order valence-corrected chi connectivity index (χ3v) is 6.69. The van der Waals surface area contributed by atoms with E-state index in [1.807, 2.05) is 10.6 Å². The van der Waals surface area contributed by atoms with Crippen molar-refractivity contribution in [3.8, 4) is 0 Å². The van der Waals surface area contributed by atoms with Gasteiger partial charge in [0.15, 0.2) is 5.16 Å². The second-order valence-corrected chi connectivity index (χ2v) is 8.15. The van der Waals surface area contributed by atoms with Gasteiger partial charge in [-0.15, -0.1) is 17.9 Å². The average Bonchev–Trinajstić information content (AvgIpc) is 3.24. The molecule has 0 radical (unpaired) electrons. The number of nitrogens with zero attached hydrogens (tertiary/aromatic N) is 2. The highest BCUT2D eigenvalue weighted by Crippen LogP contribution is 2.35. The minimum Gasteiger partial charge on any atom is -0.376 e. The van der Waals surface area contributed by atoms with Gasteiger partial charge in [-0.3, -0.25) is 9.36 Å². The standard InChI is InChI=1S/C17H20N2O2S2/c1-2-9-22-17-18-15-14(12-6-3-7-13(12)23-15)16(20)19(17)10-11-5-4-8-21-11/h2,11H,1,3-10H2/t11-/m1/s1. The number of aromatic nitrogens is 2. The van der Waals surface area contributed by atoms with Crippen molar-refractivity contribution in [2.45, 2.75) is 49.9 Å². The number of ether oxygens (including phenoxy) is 1. The molecule has 4 nitrogen and oxygen atoms in total. The first-order valence-electron chi connectivity index (χ1n) is 8.18. The summed E-state index contributed by atoms with van der Waals surface area (Å²) < 4.78 is 7.59. The quantitative estimate of drug-likeness (QED) is 0.472. The van der Waals surface area contributed by atoms with Gasteiger partial charge in [0.25, 0.3) is 5.56 Å². The van der Waals surface area contributed by atoms with Crippen molar-refractivity contribution >= 4 is 33.3 Å². The SMILES string of the molecule is C=CCSc1nc2sc3c(c2c(=O)n1C[C@H]1CCCO1)CCC3. The van der Waals surface area contributed by atoms with E-state index < -0.39 is 0 Å². The Balaban J connectivity index is 1.83. The Hall–Kier alpha value is -1.11. The van der Waals surface area contributed by atoms with Gasteiger partial charge in [-0.05, 0) is 37.7 Å². The molecular formula is C17H20N2O2S2. The second-order valence-electron chi connectivity index (χ2n) is 6.08. The maximum atomic E-state index is 13.2. The molecular weight excluding hydrogens is 328 g/mol. The molecule has 2 aromatic rings. The summed E-state index contributed by atoms with van der Waals surface area (Å²) in [5.74, 6) is 0.758. The Labute approximate surface area is 143 Å². The lowest BCUT2D eigenvalue weighted by Crippen LogP contribution is -2.28. The van der Waals surface area contributed by atoms with E-state index in [2.05, 4.69) is 6.58 Å². The molecule has 122 valence electrons. The smallest absolute Gasteiger partial charge is 0.263 e. The van der Waals surface area contributed by atoms with Crippen molar-refractivity contribution in [1.29, 1.82) is 0 Å². The number of rotatable bonds is 5. The number of hydrogen-bond acceptors (Lipinski definition) is 5. The van der Waals surface area contributed by atoms with Crippen LogP contribution in [0.25, 0.3) is 10.2 Å². The minimum absolute atomic E-state index is 0.122. The van der Waals surface area contributed by atoms with Gasteiger partial charge in [-0.25, -0.2) is 4.98 Å². The van der Waals surface area contributed by atoms with Crippen molar-refractivity contribution in [3.63, 3.8) is 0 Å². The maximum Gasteiger partial charge on any atom is 0.263 e. The molecule has 0 spiro atoms. The molecule has 1 fully saturated rings. The first-order valence-corrected chi connectivity index (χ1v) is 9.98. The normalized spacial score (nSPS) is 20.3. The Morgan fingerprint density at radius 1 is 1.43 bits per heavy atom. The van der Waals surface area contributed by atoms with E-state index in [1.54, 1.807) is 23.1 Å². The zero-order valence-electron chi connectivity index (χ0n) is 13.0. The van der Waals surface area contributed by atoms with Gasteiger partial charge in [-0.2, -0.15) is 0 Å². The van der Waals surface area contributed by atoms with Crippen LogP contribution in [0.5, 0.6) is 0 Å². The zero-order chi connectivity index (χ0) is 15.8. The molecule has 0 unspecified atom stereocenters. The Morgan fingerprint density at radius 2 is 2.35 bits per heavy atom. The summed E-state index contributed by atoms with van der Waals surface area (Å²) in [5, 5.41) is 1.67. The second kappa shape index (κ2) is 6.42. The van der Waals surface area contributed by atoms with Crippen LogP contribution >= 0.6 is 23.1 Å². The van der Waals surface area contributed by atoms with Crippen LogP contribution in [0.2, 0.25) is 0 Å². The molecule has 1 atom stereocenters. The van der Waals surface area contributed by atoms with E-state index in [0.717, 1.165) is 59.8 Å². The number of aryl methyl sites for hydroxylation is 2. The van der Waals surface area contributed by atoms with E-state index in [1.165, 1.54) is 10.4 Å². The maximum absolute atomic E-state index is 13.2. The van der Waals surface area contributed by atoms with E-state index in [0.29, 0.717) is 6.54 Å². The van der Waals surface area contributed by atoms with Gasteiger partial charge in [0.1, 0.15) is 4.83 Å². The molecule has 1 aliphatic carbocycles. The lowest BCUT2D eigenvalue weighted by Gasteiger charge is -2.15. The number of thiophene rings is 1. The zero-order valence-corrected chi connectivity index (χ0v) is 14.7. The molecule has 2 aliphatic rings. The molecule has 0 N–H and O–H groups in total. The van der Waals surface area contributed by atoms with Crippen LogP contribution in [-0.4, -0.2) is 28.0 Å². The summed E-state index contributed by atoms with van der Waals surface area (Å²) >= 11 is 3.29. The predicted molar refractivity (Wildman–Crippen MR) is 95.8 cm³/mol. The van der Waals surface area contributed by atoms with Crippen molar-refractivity contribution in [2.75, 3.05) is 12.4 Å². The summed E-state index contributed by atoms with van der Waals surface area (Å²) in [6.07, 6.45) is 7.38. The fourth-order valence-electron chi connectivity index (χ4n) is 3.45. The summed E-state index contributed by atoms with van der Waals surface area (Å²) in [7, 11) is 0. The van der Waals surface area contributed by atoms with Gasteiger partial charge < -0.3 is 4.74 Å². The summed E-state index contributed by atoms with van der Waals surface area (Å²) in [5.41, 5.74) is 1.38. The number of hydrogen-bond donors (Lipinski definition) is 0. The van der Waals surface area contributed by atoms with Gasteiger partial charge >= 0.3 is 0 Å². The third kappa shape index (κ3) is 2.77. The van der Waals surface area contributed by atoms with Crippen LogP contribution in [0.4, 0.5) is 0 Å². The van der Waals surface area contributed by atoms with Crippen LogP contribution < -0.4 is 5.56 Å². The lowest BCUT2D eigenvalue weighted by atomic mass is 10.2. The van der Waals surface area contributed by atoms with Crippen LogP contribution in [0.1, 0.15) is 29.7 Å². The van der Waals surface area contributed by atoms with E-state index >= 15 is 0 Å². The largest absolute Gasteiger partial charge is 0.376 e. The van der Waals surface area contributed by atoms with Crippen molar-refractivity contribution in [3.05, 3.63) is 33.4 Å². The first kappa shape index (κ1) is 15.4. The molecule has 4 rings (SSSR count). The Bertz CT molecular complexity index is 803. The van der Waals surface area contributed by atoms with Crippen molar-refractivity contribution in [2.24, 2.45) is 0 Å². The van der Waals surface area contributed by atoms with Crippen LogP contribution in [0.15, 0.2) is 22.6 Å². The van der Waals surface area contributed by atoms with Crippen molar-refractivity contribution < 1.29 is 4.74 Å². The van der Waals surface area contributed by atoms with Crippen molar-refractivity contribution in [1.82, 2.24) is 9.55 Å². The molecule has 0 aromatic carbocycles. The molecule has 3 heterocycles. The summed E-state index contributed by atoms with van der Waals surface area (Å²) in [6, 6.07) is 0. The van der Waals surface area contributed by atoms with E-state index in [9.17, 15) is 4.79 Å². The molecule has 6 heteroatoms.